The van der Waals surface area contributed by atoms with Gasteiger partial charge in [-0.3, -0.25) is 14.5 Å². The Labute approximate surface area is 115 Å². The van der Waals surface area contributed by atoms with Gasteiger partial charge in [0.05, 0.1) is 24.9 Å². The Morgan fingerprint density at radius 3 is 2.75 bits per heavy atom. The van der Waals surface area contributed by atoms with Crippen molar-refractivity contribution in [3.8, 4) is 0 Å². The molecule has 0 atom stereocenters. The molecular weight excluding hydrogens is 260 g/mol. The summed E-state index contributed by atoms with van der Waals surface area (Å²) in [6.45, 7) is 0.415. The Balaban J connectivity index is 2.08. The van der Waals surface area contributed by atoms with Crippen LogP contribution in [0.4, 0.5) is 0 Å². The van der Waals surface area contributed by atoms with E-state index in [4.69, 9.17) is 0 Å². The van der Waals surface area contributed by atoms with Crippen LogP contribution >= 0.6 is 0 Å². The number of hydrogen-bond donors (Lipinski definition) is 1. The highest BCUT2D eigenvalue weighted by Crippen LogP contribution is 2.04. The lowest BCUT2D eigenvalue weighted by molar-refractivity contribution is 0.0600. The van der Waals surface area contributed by atoms with Crippen molar-refractivity contribution in [2.24, 2.45) is 0 Å². The molecule has 0 spiro atoms. The Hall–Kier alpha value is -2.70. The van der Waals surface area contributed by atoms with E-state index in [2.05, 4.69) is 20.1 Å². The third kappa shape index (κ3) is 3.00. The van der Waals surface area contributed by atoms with Crippen LogP contribution < -0.4 is 5.32 Å². The maximum Gasteiger partial charge on any atom is 0.339 e. The predicted octanol–water partition coefficient (Wildman–Crippen LogP) is 0.473. The van der Waals surface area contributed by atoms with Crippen LogP contribution in [-0.2, 0) is 11.3 Å². The Morgan fingerprint density at radius 2 is 2.15 bits per heavy atom. The summed E-state index contributed by atoms with van der Waals surface area (Å²) in [5, 5.41) is 6.63. The van der Waals surface area contributed by atoms with Gasteiger partial charge < -0.3 is 10.1 Å². The van der Waals surface area contributed by atoms with Gasteiger partial charge in [-0.15, -0.1) is 0 Å². The van der Waals surface area contributed by atoms with Gasteiger partial charge in [-0.1, -0.05) is 0 Å². The highest BCUT2D eigenvalue weighted by Gasteiger charge is 2.08. The van der Waals surface area contributed by atoms with E-state index in [0.717, 1.165) is 5.69 Å². The smallest absolute Gasteiger partial charge is 0.339 e. The Bertz CT molecular complexity index is 619. The average molecular weight is 274 g/mol. The number of carbonyl (C=O) groups is 2. The van der Waals surface area contributed by atoms with Gasteiger partial charge in [-0.25, -0.2) is 4.79 Å². The number of amides is 1. The van der Waals surface area contributed by atoms with Crippen molar-refractivity contribution in [1.29, 1.82) is 0 Å². The lowest BCUT2D eigenvalue weighted by atomic mass is 10.2. The molecule has 0 aliphatic carbocycles. The molecule has 20 heavy (non-hydrogen) atoms. The number of nitrogens with one attached hydrogen (secondary N) is 1. The van der Waals surface area contributed by atoms with Crippen molar-refractivity contribution in [2.75, 3.05) is 14.2 Å². The summed E-state index contributed by atoms with van der Waals surface area (Å²) in [7, 11) is 2.87. The normalized spacial score (nSPS) is 10.1. The molecule has 0 aliphatic heterocycles. The van der Waals surface area contributed by atoms with Gasteiger partial charge in [0.15, 0.2) is 0 Å². The molecule has 1 amide bonds. The van der Waals surface area contributed by atoms with E-state index in [-0.39, 0.29) is 5.91 Å². The highest BCUT2D eigenvalue weighted by molar-refractivity contribution is 5.91. The maximum atomic E-state index is 11.4. The van der Waals surface area contributed by atoms with Crippen LogP contribution in [0.15, 0.2) is 30.6 Å². The highest BCUT2D eigenvalue weighted by atomic mass is 16.5. The Kier molecular flexibility index (Phi) is 4.09. The number of esters is 1. The van der Waals surface area contributed by atoms with E-state index in [1.807, 2.05) is 0 Å². The first-order chi connectivity index (χ1) is 9.63. The van der Waals surface area contributed by atoms with Crippen molar-refractivity contribution in [3.63, 3.8) is 0 Å². The van der Waals surface area contributed by atoms with Crippen LogP contribution in [0.1, 0.15) is 26.5 Å². The van der Waals surface area contributed by atoms with Gasteiger partial charge in [0.1, 0.15) is 5.69 Å². The molecule has 104 valence electrons. The number of pyridine rings is 1. The first-order valence-corrected chi connectivity index (χ1v) is 5.93. The van der Waals surface area contributed by atoms with Crippen LogP contribution in [0.25, 0.3) is 0 Å². The molecule has 0 bridgehead atoms. The van der Waals surface area contributed by atoms with Crippen LogP contribution in [0.2, 0.25) is 0 Å². The monoisotopic (exact) mass is 274 g/mol. The minimum absolute atomic E-state index is 0.238. The van der Waals surface area contributed by atoms with Gasteiger partial charge in [0.2, 0.25) is 0 Å². The number of aromatic nitrogens is 3. The number of methoxy groups -OCH3 is 1. The number of nitrogens with zero attached hydrogens (tertiary/aromatic N) is 3. The summed E-state index contributed by atoms with van der Waals surface area (Å²) in [6, 6.07) is 4.98. The summed E-state index contributed by atoms with van der Waals surface area (Å²) in [4.78, 5) is 26.8. The lowest BCUT2D eigenvalue weighted by Crippen LogP contribution is -2.18. The molecular formula is C13H14N4O3. The summed E-state index contributed by atoms with van der Waals surface area (Å²) in [5.74, 6) is -0.664. The largest absolute Gasteiger partial charge is 0.465 e. The van der Waals surface area contributed by atoms with E-state index in [1.165, 1.54) is 13.3 Å². The molecule has 0 saturated carbocycles. The van der Waals surface area contributed by atoms with E-state index in [0.29, 0.717) is 17.8 Å². The molecule has 0 unspecified atom stereocenters. The van der Waals surface area contributed by atoms with E-state index in [9.17, 15) is 9.59 Å². The second-order valence-corrected chi connectivity index (χ2v) is 4.01. The van der Waals surface area contributed by atoms with Gasteiger partial charge >= 0.3 is 5.97 Å². The molecule has 2 heterocycles. The molecule has 1 N–H and O–H groups in total. The van der Waals surface area contributed by atoms with Crippen LogP contribution in [-0.4, -0.2) is 40.8 Å². The van der Waals surface area contributed by atoms with Crippen LogP contribution in [0.3, 0.4) is 0 Å². The predicted molar refractivity (Wildman–Crippen MR) is 70.3 cm³/mol. The SMILES string of the molecule is CNC(=O)c1ccn(Cc2ccc(C(=O)OC)cn2)n1. The number of rotatable bonds is 4. The minimum Gasteiger partial charge on any atom is -0.465 e. The van der Waals surface area contributed by atoms with Crippen molar-refractivity contribution < 1.29 is 14.3 Å². The standard InChI is InChI=1S/C13H14N4O3/c1-14-12(18)11-5-6-17(16-11)8-10-4-3-9(7-15-10)13(19)20-2/h3-7H,8H2,1-2H3,(H,14,18). The summed E-state index contributed by atoms with van der Waals surface area (Å²) < 4.78 is 6.20. The molecule has 2 rings (SSSR count). The molecule has 0 radical (unpaired) electrons. The molecule has 2 aromatic heterocycles. The van der Waals surface area contributed by atoms with Gasteiger partial charge in [0.25, 0.3) is 5.91 Å². The molecule has 0 aromatic carbocycles. The zero-order chi connectivity index (χ0) is 14.5. The fourth-order valence-corrected chi connectivity index (χ4v) is 1.62. The summed E-state index contributed by atoms with van der Waals surface area (Å²) >= 11 is 0. The van der Waals surface area contributed by atoms with Crippen molar-refractivity contribution in [2.45, 2.75) is 6.54 Å². The van der Waals surface area contributed by atoms with Gasteiger partial charge in [0, 0.05) is 19.4 Å². The van der Waals surface area contributed by atoms with E-state index < -0.39 is 5.97 Å². The lowest BCUT2D eigenvalue weighted by Gasteiger charge is -2.03. The first-order valence-electron chi connectivity index (χ1n) is 5.93. The number of ether oxygens (including phenoxy) is 1. The first kappa shape index (κ1) is 13.7. The van der Waals surface area contributed by atoms with Crippen LogP contribution in [0.5, 0.6) is 0 Å². The number of carbonyl (C=O) groups excluding carboxylic acids is 2. The summed E-state index contributed by atoms with van der Waals surface area (Å²) in [5.41, 5.74) is 1.46. The fraction of sp³-hybridized carbons (Fsp3) is 0.231. The van der Waals surface area contributed by atoms with Crippen molar-refractivity contribution in [1.82, 2.24) is 20.1 Å². The molecule has 7 nitrogen and oxygen atoms in total. The second kappa shape index (κ2) is 5.96. The quantitative estimate of drug-likeness (QED) is 0.819. The van der Waals surface area contributed by atoms with Crippen molar-refractivity contribution in [3.05, 3.63) is 47.5 Å². The topological polar surface area (TPSA) is 86.1 Å². The van der Waals surface area contributed by atoms with Gasteiger partial charge in [-0.2, -0.15) is 5.10 Å². The second-order valence-electron chi connectivity index (χ2n) is 4.01. The molecule has 0 fully saturated rings. The molecule has 2 aromatic rings. The third-order valence-corrected chi connectivity index (χ3v) is 2.67. The molecule has 7 heteroatoms. The van der Waals surface area contributed by atoms with E-state index >= 15 is 0 Å². The minimum atomic E-state index is -0.426. The van der Waals surface area contributed by atoms with Crippen molar-refractivity contribution >= 4 is 11.9 Å². The van der Waals surface area contributed by atoms with E-state index in [1.54, 1.807) is 36.1 Å². The van der Waals surface area contributed by atoms with Gasteiger partial charge in [-0.05, 0) is 18.2 Å². The zero-order valence-corrected chi connectivity index (χ0v) is 11.2. The Morgan fingerprint density at radius 1 is 1.35 bits per heavy atom. The summed E-state index contributed by atoms with van der Waals surface area (Å²) in [6.07, 6.45) is 3.14. The average Bonchev–Trinajstić information content (AvgIpc) is 2.95. The molecule has 0 saturated heterocycles. The van der Waals surface area contributed by atoms with Crippen LogP contribution in [0, 0.1) is 0 Å². The number of hydrogen-bond acceptors (Lipinski definition) is 5. The third-order valence-electron chi connectivity index (χ3n) is 2.67. The fourth-order valence-electron chi connectivity index (χ4n) is 1.62. The maximum absolute atomic E-state index is 11.4. The molecule has 0 aliphatic rings. The zero-order valence-electron chi connectivity index (χ0n) is 11.2.